The summed E-state index contributed by atoms with van der Waals surface area (Å²) in [6, 6.07) is 0. The van der Waals surface area contributed by atoms with E-state index in [0.29, 0.717) is 12.8 Å². The summed E-state index contributed by atoms with van der Waals surface area (Å²) in [7, 11) is 7.95. The SMILES string of the molecule is O=C(O)CCCCCCCCCCCCCSSSSCCCCCCCCCCCCCC(=O)O. The minimum Gasteiger partial charge on any atom is -0.481 e. The van der Waals surface area contributed by atoms with Crippen molar-refractivity contribution in [2.75, 3.05) is 11.5 Å². The van der Waals surface area contributed by atoms with Crippen molar-refractivity contribution in [2.45, 2.75) is 154 Å². The van der Waals surface area contributed by atoms with Gasteiger partial charge in [0.05, 0.1) is 0 Å². The van der Waals surface area contributed by atoms with Crippen molar-refractivity contribution in [1.82, 2.24) is 0 Å². The molecule has 0 radical (unpaired) electrons. The van der Waals surface area contributed by atoms with Crippen LogP contribution in [0.3, 0.4) is 0 Å². The molecule has 0 fully saturated rings. The molecule has 0 aliphatic heterocycles. The van der Waals surface area contributed by atoms with E-state index in [1.807, 2.05) is 41.2 Å². The van der Waals surface area contributed by atoms with E-state index in [1.165, 1.54) is 127 Å². The van der Waals surface area contributed by atoms with Crippen LogP contribution in [0.15, 0.2) is 0 Å². The van der Waals surface area contributed by atoms with E-state index >= 15 is 0 Å². The van der Waals surface area contributed by atoms with Gasteiger partial charge in [0.2, 0.25) is 0 Å². The Morgan fingerprint density at radius 1 is 0.361 bits per heavy atom. The number of carbonyl (C=O) groups is 2. The van der Waals surface area contributed by atoms with Crippen LogP contribution in [0, 0.1) is 0 Å². The largest absolute Gasteiger partial charge is 0.481 e. The monoisotopic (exact) mass is 582 g/mol. The molecular weight excluding hydrogens is 529 g/mol. The third kappa shape index (κ3) is 34.3. The molecule has 0 unspecified atom stereocenters. The molecule has 0 spiro atoms. The lowest BCUT2D eigenvalue weighted by Gasteiger charge is -2.04. The number of unbranched alkanes of at least 4 members (excludes halogenated alkanes) is 20. The summed E-state index contributed by atoms with van der Waals surface area (Å²) < 4.78 is 0. The van der Waals surface area contributed by atoms with Crippen LogP contribution in [0.4, 0.5) is 0 Å². The summed E-state index contributed by atoms with van der Waals surface area (Å²) >= 11 is 0. The Morgan fingerprint density at radius 2 is 0.583 bits per heavy atom. The first-order chi connectivity index (χ1) is 17.6. The molecule has 0 rings (SSSR count). The van der Waals surface area contributed by atoms with Crippen molar-refractivity contribution in [3.63, 3.8) is 0 Å². The molecule has 0 aromatic rings. The van der Waals surface area contributed by atoms with Crippen LogP contribution in [0.1, 0.15) is 154 Å². The van der Waals surface area contributed by atoms with Gasteiger partial charge in [0.1, 0.15) is 0 Å². The maximum absolute atomic E-state index is 10.4. The molecule has 2 N–H and O–H groups in total. The van der Waals surface area contributed by atoms with E-state index in [9.17, 15) is 9.59 Å². The third-order valence-corrected chi connectivity index (χ3v) is 13.0. The lowest BCUT2D eigenvalue weighted by molar-refractivity contribution is -0.138. The van der Waals surface area contributed by atoms with Crippen LogP contribution in [-0.2, 0) is 9.59 Å². The fraction of sp³-hybridized carbons (Fsp3) is 0.929. The van der Waals surface area contributed by atoms with Gasteiger partial charge in [-0.1, -0.05) is 137 Å². The highest BCUT2D eigenvalue weighted by molar-refractivity contribution is 9.26. The molecule has 0 aliphatic rings. The summed E-state index contributed by atoms with van der Waals surface area (Å²) in [6.07, 6.45) is 28.4. The number of hydrogen-bond acceptors (Lipinski definition) is 6. The highest BCUT2D eigenvalue weighted by Gasteiger charge is 1.99. The van der Waals surface area contributed by atoms with Gasteiger partial charge < -0.3 is 10.2 Å². The highest BCUT2D eigenvalue weighted by Crippen LogP contribution is 2.43. The molecule has 36 heavy (non-hydrogen) atoms. The average molecular weight is 583 g/mol. The summed E-state index contributed by atoms with van der Waals surface area (Å²) in [6.45, 7) is 0. The fourth-order valence-electron chi connectivity index (χ4n) is 4.16. The van der Waals surface area contributed by atoms with Crippen LogP contribution < -0.4 is 0 Å². The summed E-state index contributed by atoms with van der Waals surface area (Å²) in [4.78, 5) is 20.9. The lowest BCUT2D eigenvalue weighted by Crippen LogP contribution is -1.93. The highest BCUT2D eigenvalue weighted by atomic mass is 33.7. The molecule has 4 nitrogen and oxygen atoms in total. The molecule has 0 aromatic heterocycles. The molecule has 0 saturated carbocycles. The molecule has 0 amide bonds. The van der Waals surface area contributed by atoms with Gasteiger partial charge in [-0.15, -0.1) is 0 Å². The first kappa shape index (κ1) is 36.3. The zero-order valence-electron chi connectivity index (χ0n) is 22.7. The second-order valence-corrected chi connectivity index (χ2v) is 16.1. The van der Waals surface area contributed by atoms with Gasteiger partial charge in [0.25, 0.3) is 0 Å². The predicted octanol–water partition coefficient (Wildman–Crippen LogP) is 11.2. The number of rotatable bonds is 31. The third-order valence-electron chi connectivity index (χ3n) is 6.36. The Morgan fingerprint density at radius 3 is 0.833 bits per heavy atom. The Hall–Kier alpha value is 0.340. The van der Waals surface area contributed by atoms with E-state index in [2.05, 4.69) is 0 Å². The van der Waals surface area contributed by atoms with Gasteiger partial charge in [-0.25, -0.2) is 0 Å². The van der Waals surface area contributed by atoms with Gasteiger partial charge in [-0.2, -0.15) is 0 Å². The predicted molar refractivity (Wildman–Crippen MR) is 166 cm³/mol. The maximum atomic E-state index is 10.4. The van der Waals surface area contributed by atoms with E-state index in [-0.39, 0.29) is 0 Å². The molecule has 214 valence electrons. The molecule has 0 aromatic carbocycles. The van der Waals surface area contributed by atoms with Gasteiger partial charge in [0, 0.05) is 24.3 Å². The van der Waals surface area contributed by atoms with Crippen LogP contribution in [0.5, 0.6) is 0 Å². The second kappa shape index (κ2) is 31.6. The zero-order chi connectivity index (χ0) is 26.4. The Kier molecular flexibility index (Phi) is 31.9. The summed E-state index contributed by atoms with van der Waals surface area (Å²) in [5.74, 6) is 1.23. The summed E-state index contributed by atoms with van der Waals surface area (Å²) in [5.41, 5.74) is 0. The minimum absolute atomic E-state index is 0.332. The van der Waals surface area contributed by atoms with Gasteiger partial charge >= 0.3 is 11.9 Å². The van der Waals surface area contributed by atoms with Crippen molar-refractivity contribution < 1.29 is 19.8 Å². The smallest absolute Gasteiger partial charge is 0.303 e. The summed E-state index contributed by atoms with van der Waals surface area (Å²) in [5, 5.41) is 17.2. The van der Waals surface area contributed by atoms with Crippen molar-refractivity contribution in [3.05, 3.63) is 0 Å². The van der Waals surface area contributed by atoms with Crippen molar-refractivity contribution >= 4 is 53.2 Å². The van der Waals surface area contributed by atoms with Gasteiger partial charge in [0.15, 0.2) is 0 Å². The van der Waals surface area contributed by atoms with Crippen molar-refractivity contribution in [3.8, 4) is 0 Å². The Bertz CT molecular complexity index is 438. The molecule has 0 heterocycles. The normalized spacial score (nSPS) is 11.2. The van der Waals surface area contributed by atoms with Crippen LogP contribution in [-0.4, -0.2) is 33.7 Å². The quantitative estimate of drug-likeness (QED) is 0.0617. The first-order valence-electron chi connectivity index (χ1n) is 14.6. The van der Waals surface area contributed by atoms with E-state index < -0.39 is 11.9 Å². The molecule has 0 saturated heterocycles. The van der Waals surface area contributed by atoms with Gasteiger partial charge in [-0.05, 0) is 45.3 Å². The van der Waals surface area contributed by atoms with Crippen LogP contribution in [0.25, 0.3) is 0 Å². The zero-order valence-corrected chi connectivity index (χ0v) is 26.0. The number of aliphatic carboxylic acids is 2. The molecule has 0 aliphatic carbocycles. The Labute approximate surface area is 237 Å². The molecule has 0 atom stereocenters. The lowest BCUT2D eigenvalue weighted by atomic mass is 10.1. The second-order valence-electron chi connectivity index (χ2n) is 9.85. The molecular formula is C28H54O4S4. The van der Waals surface area contributed by atoms with Crippen LogP contribution >= 0.6 is 41.2 Å². The Balaban J connectivity index is 3.03. The van der Waals surface area contributed by atoms with Crippen molar-refractivity contribution in [2.24, 2.45) is 0 Å². The van der Waals surface area contributed by atoms with E-state index in [0.717, 1.165) is 25.7 Å². The standard InChI is InChI=1S/C28H54O4S4/c29-27(30)23-19-15-11-7-3-1-5-9-13-17-21-25-33-35-36-34-26-22-18-14-10-6-2-4-8-12-16-20-24-28(31)32/h1-26H2,(H,29,30)(H,31,32). The van der Waals surface area contributed by atoms with E-state index in [4.69, 9.17) is 10.2 Å². The van der Waals surface area contributed by atoms with Gasteiger partial charge in [-0.3, -0.25) is 9.59 Å². The number of carboxylic acids is 2. The van der Waals surface area contributed by atoms with Crippen LogP contribution in [0.2, 0.25) is 0 Å². The number of hydrogen-bond donors (Lipinski definition) is 2. The molecule has 8 heteroatoms. The molecule has 0 bridgehead atoms. The number of carboxylic acid groups (broad SMARTS) is 2. The average Bonchev–Trinajstić information content (AvgIpc) is 2.85. The topological polar surface area (TPSA) is 74.6 Å². The van der Waals surface area contributed by atoms with E-state index in [1.54, 1.807) is 0 Å². The first-order valence-corrected chi connectivity index (χ1v) is 19.8. The fourth-order valence-corrected chi connectivity index (χ4v) is 10.4. The minimum atomic E-state index is -0.662. The maximum Gasteiger partial charge on any atom is 0.303 e. The van der Waals surface area contributed by atoms with Crippen molar-refractivity contribution in [1.29, 1.82) is 0 Å².